The lowest BCUT2D eigenvalue weighted by atomic mass is 10.1. The van der Waals surface area contributed by atoms with E-state index in [1.807, 2.05) is 13.0 Å². The highest BCUT2D eigenvalue weighted by atomic mass is 32.2. The molecule has 0 aliphatic rings. The molecule has 1 aromatic carbocycles. The first kappa shape index (κ1) is 15.6. The Morgan fingerprint density at radius 3 is 2.62 bits per heavy atom. The molecule has 0 spiro atoms. The van der Waals surface area contributed by atoms with Crippen molar-refractivity contribution in [2.45, 2.75) is 31.7 Å². The Balaban J connectivity index is 2.26. The molecular formula is C14H15N3O2S2. The van der Waals surface area contributed by atoms with Crippen molar-refractivity contribution in [2.24, 2.45) is 0 Å². The van der Waals surface area contributed by atoms with E-state index < -0.39 is 16.1 Å². The van der Waals surface area contributed by atoms with Crippen molar-refractivity contribution in [1.29, 1.82) is 5.26 Å². The summed E-state index contributed by atoms with van der Waals surface area (Å²) < 4.78 is 27.3. The maximum atomic E-state index is 12.4. The van der Waals surface area contributed by atoms with E-state index in [1.54, 1.807) is 20.0 Å². The van der Waals surface area contributed by atoms with Crippen LogP contribution in [0.15, 0.2) is 29.3 Å². The second-order valence-electron chi connectivity index (χ2n) is 4.74. The Morgan fingerprint density at radius 2 is 2.10 bits per heavy atom. The minimum atomic E-state index is -3.64. The fourth-order valence-corrected chi connectivity index (χ4v) is 4.00. The quantitative estimate of drug-likeness (QED) is 0.938. The molecular weight excluding hydrogens is 306 g/mol. The number of aromatic nitrogens is 1. The molecule has 0 aliphatic heterocycles. The summed E-state index contributed by atoms with van der Waals surface area (Å²) in [5.41, 5.74) is 1.11. The number of nitrogens with one attached hydrogen (secondary N) is 1. The van der Waals surface area contributed by atoms with Crippen LogP contribution < -0.4 is 4.72 Å². The second kappa shape index (κ2) is 5.93. The lowest BCUT2D eigenvalue weighted by Crippen LogP contribution is -2.26. The van der Waals surface area contributed by atoms with Gasteiger partial charge in [0.05, 0.1) is 22.6 Å². The van der Waals surface area contributed by atoms with E-state index in [0.29, 0.717) is 11.1 Å². The molecule has 2 aromatic rings. The maximum Gasteiger partial charge on any atom is 0.241 e. The third-order valence-corrected chi connectivity index (χ3v) is 5.60. The van der Waals surface area contributed by atoms with Crippen molar-refractivity contribution in [3.05, 3.63) is 45.4 Å². The molecule has 2 rings (SSSR count). The van der Waals surface area contributed by atoms with Gasteiger partial charge in [-0.1, -0.05) is 0 Å². The van der Waals surface area contributed by atoms with Gasteiger partial charge in [-0.15, -0.1) is 11.3 Å². The molecule has 1 atom stereocenters. The number of aryl methyl sites for hydroxylation is 2. The topological polar surface area (TPSA) is 82.8 Å². The molecule has 0 aliphatic carbocycles. The molecule has 0 bridgehead atoms. The van der Waals surface area contributed by atoms with Crippen LogP contribution in [0.4, 0.5) is 0 Å². The summed E-state index contributed by atoms with van der Waals surface area (Å²) in [4.78, 5) is 5.37. The number of thiazole rings is 1. The highest BCUT2D eigenvalue weighted by Gasteiger charge is 2.20. The normalized spacial score (nSPS) is 12.9. The lowest BCUT2D eigenvalue weighted by molar-refractivity contribution is 0.566. The number of nitriles is 1. The molecule has 0 radical (unpaired) electrons. The first-order valence-corrected chi connectivity index (χ1v) is 8.59. The summed E-state index contributed by atoms with van der Waals surface area (Å²) in [7, 11) is -3.64. The van der Waals surface area contributed by atoms with E-state index in [2.05, 4.69) is 9.71 Å². The molecule has 7 heteroatoms. The number of rotatable bonds is 4. The predicted molar refractivity (Wildman–Crippen MR) is 81.5 cm³/mol. The second-order valence-corrected chi connectivity index (χ2v) is 7.72. The number of benzene rings is 1. The zero-order valence-corrected chi connectivity index (χ0v) is 13.5. The van der Waals surface area contributed by atoms with Gasteiger partial charge in [0.1, 0.15) is 5.01 Å². The smallest absolute Gasteiger partial charge is 0.241 e. The Kier molecular flexibility index (Phi) is 4.42. The standard InChI is InChI=1S/C14H15N3O2S2/c1-9-6-13(5-4-12(9)7-15)21(18,19)17-11(3)14-16-8-10(2)20-14/h4-6,8,11,17H,1-3H3. The van der Waals surface area contributed by atoms with Gasteiger partial charge in [0.2, 0.25) is 10.0 Å². The van der Waals surface area contributed by atoms with Crippen LogP contribution in [0.3, 0.4) is 0 Å². The van der Waals surface area contributed by atoms with Crippen LogP contribution in [0.5, 0.6) is 0 Å². The molecule has 5 nitrogen and oxygen atoms in total. The van der Waals surface area contributed by atoms with Crippen molar-refractivity contribution >= 4 is 21.4 Å². The summed E-state index contributed by atoms with van der Waals surface area (Å²) in [6, 6.07) is 6.08. The number of hydrogen-bond acceptors (Lipinski definition) is 5. The molecule has 1 unspecified atom stereocenters. The van der Waals surface area contributed by atoms with E-state index in [4.69, 9.17) is 5.26 Å². The summed E-state index contributed by atoms with van der Waals surface area (Å²) >= 11 is 1.46. The van der Waals surface area contributed by atoms with Crippen molar-refractivity contribution in [3.63, 3.8) is 0 Å². The first-order valence-electron chi connectivity index (χ1n) is 6.29. The number of nitrogens with zero attached hydrogens (tertiary/aromatic N) is 2. The number of hydrogen-bond donors (Lipinski definition) is 1. The van der Waals surface area contributed by atoms with Crippen LogP contribution in [0.25, 0.3) is 0 Å². The van der Waals surface area contributed by atoms with E-state index in [-0.39, 0.29) is 4.90 Å². The van der Waals surface area contributed by atoms with Gasteiger partial charge >= 0.3 is 0 Å². The minimum Gasteiger partial charge on any atom is -0.248 e. The minimum absolute atomic E-state index is 0.152. The molecule has 0 saturated heterocycles. The maximum absolute atomic E-state index is 12.4. The average Bonchev–Trinajstić information content (AvgIpc) is 2.85. The fourth-order valence-electron chi connectivity index (χ4n) is 1.85. The highest BCUT2D eigenvalue weighted by molar-refractivity contribution is 7.89. The van der Waals surface area contributed by atoms with Crippen LogP contribution in [0, 0.1) is 25.2 Å². The van der Waals surface area contributed by atoms with Crippen molar-refractivity contribution in [3.8, 4) is 6.07 Å². The van der Waals surface area contributed by atoms with Gasteiger partial charge in [-0.25, -0.2) is 18.1 Å². The van der Waals surface area contributed by atoms with Gasteiger partial charge < -0.3 is 0 Å². The van der Waals surface area contributed by atoms with Crippen LogP contribution in [0.2, 0.25) is 0 Å². The van der Waals surface area contributed by atoms with E-state index in [9.17, 15) is 8.42 Å². The number of sulfonamides is 1. The van der Waals surface area contributed by atoms with Crippen molar-refractivity contribution in [1.82, 2.24) is 9.71 Å². The molecule has 0 saturated carbocycles. The van der Waals surface area contributed by atoms with Gasteiger partial charge in [0, 0.05) is 11.1 Å². The molecule has 1 aromatic heterocycles. The van der Waals surface area contributed by atoms with Crippen LogP contribution in [0.1, 0.15) is 34.0 Å². The van der Waals surface area contributed by atoms with Crippen molar-refractivity contribution < 1.29 is 8.42 Å². The lowest BCUT2D eigenvalue weighted by Gasteiger charge is -2.12. The van der Waals surface area contributed by atoms with E-state index >= 15 is 0 Å². The highest BCUT2D eigenvalue weighted by Crippen LogP contribution is 2.22. The Hall–Kier alpha value is -1.75. The van der Waals surface area contributed by atoms with Crippen molar-refractivity contribution in [2.75, 3.05) is 0 Å². The van der Waals surface area contributed by atoms with Gasteiger partial charge in [-0.05, 0) is 44.5 Å². The molecule has 0 amide bonds. The van der Waals surface area contributed by atoms with Gasteiger partial charge in [-0.2, -0.15) is 5.26 Å². The fraction of sp³-hybridized carbons (Fsp3) is 0.286. The van der Waals surface area contributed by atoms with Crippen LogP contribution >= 0.6 is 11.3 Å². The summed E-state index contributed by atoms with van der Waals surface area (Å²) in [6.45, 7) is 5.39. The zero-order chi connectivity index (χ0) is 15.6. The monoisotopic (exact) mass is 321 g/mol. The summed E-state index contributed by atoms with van der Waals surface area (Å²) in [6.07, 6.45) is 1.72. The van der Waals surface area contributed by atoms with E-state index in [0.717, 1.165) is 9.88 Å². The summed E-state index contributed by atoms with van der Waals surface area (Å²) in [5, 5.41) is 9.61. The third-order valence-electron chi connectivity index (χ3n) is 2.97. The molecule has 1 N–H and O–H groups in total. The Labute approximate surface area is 128 Å². The van der Waals surface area contributed by atoms with Crippen LogP contribution in [-0.4, -0.2) is 13.4 Å². The zero-order valence-electron chi connectivity index (χ0n) is 11.9. The Morgan fingerprint density at radius 1 is 1.38 bits per heavy atom. The molecule has 21 heavy (non-hydrogen) atoms. The predicted octanol–water partition coefficient (Wildman–Crippen LogP) is 2.67. The molecule has 0 fully saturated rings. The molecule has 110 valence electrons. The van der Waals surface area contributed by atoms with E-state index in [1.165, 1.54) is 29.5 Å². The molecule has 1 heterocycles. The third kappa shape index (κ3) is 3.47. The SMILES string of the molecule is Cc1cnc(C(C)NS(=O)(=O)c2ccc(C#N)c(C)c2)s1. The Bertz CT molecular complexity index is 804. The van der Waals surface area contributed by atoms with Gasteiger partial charge in [0.25, 0.3) is 0 Å². The summed E-state index contributed by atoms with van der Waals surface area (Å²) in [5.74, 6) is 0. The average molecular weight is 321 g/mol. The largest absolute Gasteiger partial charge is 0.248 e. The van der Waals surface area contributed by atoms with Gasteiger partial charge in [-0.3, -0.25) is 0 Å². The van der Waals surface area contributed by atoms with Crippen LogP contribution in [-0.2, 0) is 10.0 Å². The first-order chi connectivity index (χ1) is 9.83. The van der Waals surface area contributed by atoms with Gasteiger partial charge in [0.15, 0.2) is 0 Å².